The minimum Gasteiger partial charge on any atom is -0.511 e. The topological polar surface area (TPSA) is 77.8 Å². The van der Waals surface area contributed by atoms with Crippen molar-refractivity contribution in [1.82, 2.24) is 4.90 Å². The van der Waals surface area contributed by atoms with Crippen LogP contribution in [-0.4, -0.2) is 46.0 Å². The van der Waals surface area contributed by atoms with Gasteiger partial charge in [-0.2, -0.15) is 0 Å². The molecule has 0 radical (unpaired) electrons. The number of Topliss-reactive ketones (excluding diaryl/α,β-unsaturated/α-hetero) is 1. The van der Waals surface area contributed by atoms with Crippen molar-refractivity contribution < 1.29 is 19.8 Å². The van der Waals surface area contributed by atoms with Gasteiger partial charge in [0.1, 0.15) is 17.4 Å². The second-order valence-corrected chi connectivity index (χ2v) is 5.63. The van der Waals surface area contributed by atoms with E-state index in [0.29, 0.717) is 6.42 Å². The Morgan fingerprint density at radius 1 is 1.38 bits per heavy atom. The van der Waals surface area contributed by atoms with Gasteiger partial charge in [0.15, 0.2) is 5.78 Å². The summed E-state index contributed by atoms with van der Waals surface area (Å²) in [6.07, 6.45) is 5.53. The quantitative estimate of drug-likeness (QED) is 0.258. The minimum atomic E-state index is -0.957. The zero-order valence-electron chi connectivity index (χ0n) is 13.2. The Hall–Kier alpha value is -1.62. The van der Waals surface area contributed by atoms with Crippen molar-refractivity contribution in [3.05, 3.63) is 23.5 Å². The number of likely N-dealkylation sites (N-methyl/N-ethyl adjacent to an activating group) is 1. The van der Waals surface area contributed by atoms with Crippen LogP contribution in [-0.2, 0) is 9.59 Å². The Kier molecular flexibility index (Phi) is 6.15. The molecule has 0 bridgehead atoms. The number of hydrogen-bond acceptors (Lipinski definition) is 4. The summed E-state index contributed by atoms with van der Waals surface area (Å²) in [6.45, 7) is 5.21. The van der Waals surface area contributed by atoms with E-state index in [2.05, 4.69) is 0 Å². The molecule has 0 saturated carbocycles. The molecule has 0 unspecified atom stereocenters. The van der Waals surface area contributed by atoms with Crippen LogP contribution in [0.4, 0.5) is 0 Å². The van der Waals surface area contributed by atoms with Gasteiger partial charge < -0.3 is 15.1 Å². The number of aliphatic hydroxyl groups is 2. The standard InChI is InChI=1S/C16H25NO4/c1-5-6-7-8-9-10(2)14(19)12-15(20)13(11(3)18)17(4)16(12)21/h5-6,10-11,13,18-19H,7-9H2,1-4H3/b6-5+,14-12-/t10-,11-,13+/m1/s1. The first-order valence-corrected chi connectivity index (χ1v) is 7.36. The van der Waals surface area contributed by atoms with E-state index < -0.39 is 23.8 Å². The summed E-state index contributed by atoms with van der Waals surface area (Å²) >= 11 is 0. The van der Waals surface area contributed by atoms with Gasteiger partial charge in [0, 0.05) is 13.0 Å². The van der Waals surface area contributed by atoms with E-state index in [0.717, 1.165) is 12.8 Å². The molecule has 21 heavy (non-hydrogen) atoms. The van der Waals surface area contributed by atoms with Crippen molar-refractivity contribution in [1.29, 1.82) is 0 Å². The molecule has 0 aromatic heterocycles. The molecule has 0 aromatic carbocycles. The first-order chi connectivity index (χ1) is 9.82. The predicted molar refractivity (Wildman–Crippen MR) is 80.7 cm³/mol. The Morgan fingerprint density at radius 2 is 2.00 bits per heavy atom. The van der Waals surface area contributed by atoms with Gasteiger partial charge in [-0.15, -0.1) is 0 Å². The fourth-order valence-corrected chi connectivity index (χ4v) is 2.60. The number of allylic oxidation sites excluding steroid dienone is 3. The van der Waals surface area contributed by atoms with Crippen LogP contribution in [0.5, 0.6) is 0 Å². The molecule has 1 heterocycles. The number of carbonyl (C=O) groups is 2. The highest BCUT2D eigenvalue weighted by molar-refractivity contribution is 6.26. The van der Waals surface area contributed by atoms with Gasteiger partial charge in [0.25, 0.3) is 5.91 Å². The molecule has 5 nitrogen and oxygen atoms in total. The molecule has 1 rings (SSSR count). The van der Waals surface area contributed by atoms with E-state index in [9.17, 15) is 19.8 Å². The highest BCUT2D eigenvalue weighted by atomic mass is 16.3. The largest absolute Gasteiger partial charge is 0.511 e. The number of carbonyl (C=O) groups excluding carboxylic acids is 2. The van der Waals surface area contributed by atoms with Crippen LogP contribution >= 0.6 is 0 Å². The van der Waals surface area contributed by atoms with Crippen LogP contribution in [0, 0.1) is 5.92 Å². The zero-order valence-corrected chi connectivity index (χ0v) is 13.2. The lowest BCUT2D eigenvalue weighted by molar-refractivity contribution is -0.128. The Balaban J connectivity index is 2.89. The molecule has 1 fully saturated rings. The highest BCUT2D eigenvalue weighted by Gasteiger charge is 2.45. The van der Waals surface area contributed by atoms with Gasteiger partial charge in [0.05, 0.1) is 6.10 Å². The van der Waals surface area contributed by atoms with Crippen molar-refractivity contribution in [3.63, 3.8) is 0 Å². The Morgan fingerprint density at radius 3 is 2.48 bits per heavy atom. The molecule has 0 aliphatic carbocycles. The second-order valence-electron chi connectivity index (χ2n) is 5.63. The summed E-state index contributed by atoms with van der Waals surface area (Å²) in [5.74, 6) is -1.40. The number of unbranched alkanes of at least 4 members (excludes halogenated alkanes) is 1. The van der Waals surface area contributed by atoms with Crippen molar-refractivity contribution in [3.8, 4) is 0 Å². The third-order valence-corrected chi connectivity index (χ3v) is 3.89. The average molecular weight is 295 g/mol. The highest BCUT2D eigenvalue weighted by Crippen LogP contribution is 2.28. The third-order valence-electron chi connectivity index (χ3n) is 3.89. The monoisotopic (exact) mass is 295 g/mol. The van der Waals surface area contributed by atoms with Gasteiger partial charge in [-0.05, 0) is 33.1 Å². The molecular weight excluding hydrogens is 270 g/mol. The summed E-state index contributed by atoms with van der Waals surface area (Å²) in [4.78, 5) is 25.6. The van der Waals surface area contributed by atoms with Gasteiger partial charge >= 0.3 is 0 Å². The summed E-state index contributed by atoms with van der Waals surface area (Å²) in [7, 11) is 1.47. The van der Waals surface area contributed by atoms with E-state index in [1.54, 1.807) is 6.92 Å². The number of amides is 1. The number of aliphatic hydroxyl groups excluding tert-OH is 2. The van der Waals surface area contributed by atoms with Crippen molar-refractivity contribution in [2.75, 3.05) is 7.05 Å². The smallest absolute Gasteiger partial charge is 0.261 e. The maximum atomic E-state index is 12.2. The Bertz CT molecular complexity index is 465. The molecule has 1 amide bonds. The van der Waals surface area contributed by atoms with Crippen molar-refractivity contribution >= 4 is 11.7 Å². The van der Waals surface area contributed by atoms with E-state index in [1.165, 1.54) is 18.9 Å². The molecule has 1 aliphatic heterocycles. The average Bonchev–Trinajstić information content (AvgIpc) is 2.64. The lowest BCUT2D eigenvalue weighted by Gasteiger charge is -2.19. The van der Waals surface area contributed by atoms with Crippen molar-refractivity contribution in [2.24, 2.45) is 5.92 Å². The maximum absolute atomic E-state index is 12.2. The van der Waals surface area contributed by atoms with Gasteiger partial charge in [0.2, 0.25) is 0 Å². The lowest BCUT2D eigenvalue weighted by atomic mass is 9.95. The van der Waals surface area contributed by atoms with E-state index in [4.69, 9.17) is 0 Å². The number of rotatable bonds is 6. The second kappa shape index (κ2) is 7.41. The number of hydrogen-bond donors (Lipinski definition) is 2. The first-order valence-electron chi connectivity index (χ1n) is 7.36. The fraction of sp³-hybridized carbons (Fsp3) is 0.625. The first kappa shape index (κ1) is 17.4. The third kappa shape index (κ3) is 3.73. The number of nitrogens with zero attached hydrogens (tertiary/aromatic N) is 1. The molecule has 0 aromatic rings. The maximum Gasteiger partial charge on any atom is 0.261 e. The summed E-state index contributed by atoms with van der Waals surface area (Å²) in [5.41, 5.74) is -0.165. The Labute approximate surface area is 125 Å². The van der Waals surface area contributed by atoms with Gasteiger partial charge in [-0.3, -0.25) is 9.59 Å². The molecule has 0 spiro atoms. The SMILES string of the molecule is C/C=C/CCC[C@@H](C)/C(O)=C1\C(=O)[C@H]([C@@H](C)O)N(C)C1=O. The molecular formula is C16H25NO4. The van der Waals surface area contributed by atoms with Crippen LogP contribution in [0.15, 0.2) is 23.5 Å². The van der Waals surface area contributed by atoms with Crippen LogP contribution in [0.1, 0.15) is 40.0 Å². The summed E-state index contributed by atoms with van der Waals surface area (Å²) in [5, 5.41) is 19.9. The molecule has 3 atom stereocenters. The molecule has 1 saturated heterocycles. The van der Waals surface area contributed by atoms with Crippen LogP contribution in [0.2, 0.25) is 0 Å². The van der Waals surface area contributed by atoms with Crippen molar-refractivity contribution in [2.45, 2.75) is 52.2 Å². The van der Waals surface area contributed by atoms with E-state index in [-0.39, 0.29) is 17.3 Å². The molecule has 118 valence electrons. The van der Waals surface area contributed by atoms with E-state index in [1.807, 2.05) is 19.1 Å². The molecule has 5 heteroatoms. The summed E-state index contributed by atoms with van der Waals surface area (Å²) < 4.78 is 0. The number of likely N-dealkylation sites (tertiary alicyclic amines) is 1. The number of ketones is 1. The van der Waals surface area contributed by atoms with Crippen LogP contribution in [0.3, 0.4) is 0 Å². The lowest BCUT2D eigenvalue weighted by Crippen LogP contribution is -2.40. The van der Waals surface area contributed by atoms with Crippen LogP contribution in [0.25, 0.3) is 0 Å². The zero-order chi connectivity index (χ0) is 16.2. The summed E-state index contributed by atoms with van der Waals surface area (Å²) in [6, 6.07) is -0.898. The normalized spacial score (nSPS) is 24.8. The fourth-order valence-electron chi connectivity index (χ4n) is 2.60. The predicted octanol–water partition coefficient (Wildman–Crippen LogP) is 1.97. The van der Waals surface area contributed by atoms with E-state index >= 15 is 0 Å². The minimum absolute atomic E-state index is 0.152. The molecule has 1 aliphatic rings. The molecule has 2 N–H and O–H groups in total. The van der Waals surface area contributed by atoms with Crippen LogP contribution < -0.4 is 0 Å². The van der Waals surface area contributed by atoms with Gasteiger partial charge in [-0.25, -0.2) is 0 Å². The van der Waals surface area contributed by atoms with Gasteiger partial charge in [-0.1, -0.05) is 19.1 Å².